The maximum Gasteiger partial charge on any atom is 0.251 e. The number of amides is 2. The van der Waals surface area contributed by atoms with Crippen LogP contribution in [-0.4, -0.2) is 74.1 Å². The highest BCUT2D eigenvalue weighted by atomic mass is 16.7. The Morgan fingerprint density at radius 3 is 2.57 bits per heavy atom. The molecule has 2 bridgehead atoms. The Hall–Kier alpha value is -3.57. The third-order valence-corrected chi connectivity index (χ3v) is 11.2. The molecule has 3 aliphatic carbocycles. The second kappa shape index (κ2) is 13.9. The van der Waals surface area contributed by atoms with Crippen LogP contribution in [0.2, 0.25) is 0 Å². The number of aliphatic hydroxyl groups is 2. The van der Waals surface area contributed by atoms with Gasteiger partial charge in [-0.15, -0.1) is 0 Å². The molecule has 0 radical (unpaired) electrons. The number of carbonyl (C=O) groups excluding carboxylic acids is 2. The fourth-order valence-corrected chi connectivity index (χ4v) is 8.34. The van der Waals surface area contributed by atoms with E-state index in [4.69, 9.17) is 4.84 Å². The van der Waals surface area contributed by atoms with E-state index >= 15 is 0 Å². The first-order chi connectivity index (χ1) is 22.6. The molecule has 7 rings (SSSR count). The minimum Gasteiger partial charge on any atom is -0.394 e. The Labute approximate surface area is 277 Å². The average Bonchev–Trinajstić information content (AvgIpc) is 3.72. The number of nitrogens with zero attached hydrogens (tertiary/aromatic N) is 3. The van der Waals surface area contributed by atoms with Gasteiger partial charge in [-0.2, -0.15) is 5.06 Å². The van der Waals surface area contributed by atoms with Gasteiger partial charge in [-0.05, 0) is 84.2 Å². The number of nitrogens with one attached hydrogen (secondary N) is 2. The highest BCUT2D eigenvalue weighted by molar-refractivity contribution is 5.95. The van der Waals surface area contributed by atoms with Crippen molar-refractivity contribution in [3.05, 3.63) is 78.4 Å². The van der Waals surface area contributed by atoms with E-state index in [0.29, 0.717) is 41.8 Å². The van der Waals surface area contributed by atoms with Crippen molar-refractivity contribution in [1.29, 1.82) is 0 Å². The number of aromatic nitrogens is 2. The highest BCUT2D eigenvalue weighted by Gasteiger charge is 2.57. The van der Waals surface area contributed by atoms with Crippen LogP contribution in [-0.2, 0) is 22.7 Å². The number of carbonyl (C=O) groups is 2. The standard InChI is InChI=1S/C37H49N5O5/c1-23-30-18-29(37(30,3)4)19-31(23)40-36(46)34-33(24(2)44)32(21-43)47-42(34)20-25-8-5-9-26(16-25)27-10-6-11-28(17-27)35(45)39-12-7-14-41-15-13-38-22-41/h5-6,8-11,13,15-17,22-24,29-34,43-44H,7,12,14,18-21H2,1-4H3,(H,39,45)(H,40,46)/t23-,24-,29-,30+,31-,32-,33+,34-/m0/s1. The van der Waals surface area contributed by atoms with Gasteiger partial charge in [-0.25, -0.2) is 4.98 Å². The lowest BCUT2D eigenvalue weighted by Gasteiger charge is -2.62. The van der Waals surface area contributed by atoms with Gasteiger partial charge in [0.1, 0.15) is 12.1 Å². The van der Waals surface area contributed by atoms with Gasteiger partial charge >= 0.3 is 0 Å². The highest BCUT2D eigenvalue weighted by Crippen LogP contribution is 2.61. The van der Waals surface area contributed by atoms with Crippen LogP contribution in [0, 0.1) is 29.1 Å². The van der Waals surface area contributed by atoms with E-state index in [9.17, 15) is 19.8 Å². The molecule has 2 heterocycles. The molecule has 8 atom stereocenters. The van der Waals surface area contributed by atoms with Crippen molar-refractivity contribution in [1.82, 2.24) is 25.2 Å². The minimum absolute atomic E-state index is 0.0773. The summed E-state index contributed by atoms with van der Waals surface area (Å²) in [6, 6.07) is 14.8. The van der Waals surface area contributed by atoms with E-state index in [1.54, 1.807) is 24.5 Å². The molecule has 2 amide bonds. The van der Waals surface area contributed by atoms with Gasteiger partial charge in [-0.1, -0.05) is 51.1 Å². The third-order valence-electron chi connectivity index (χ3n) is 11.2. The molecule has 252 valence electrons. The zero-order valence-electron chi connectivity index (χ0n) is 27.9. The summed E-state index contributed by atoms with van der Waals surface area (Å²) in [5, 5.41) is 28.9. The van der Waals surface area contributed by atoms with Crippen molar-refractivity contribution in [2.75, 3.05) is 13.2 Å². The normalized spacial score (nSPS) is 28.8. The smallest absolute Gasteiger partial charge is 0.251 e. The lowest BCUT2D eigenvalue weighted by atomic mass is 9.45. The Kier molecular flexibility index (Phi) is 9.85. The topological polar surface area (TPSA) is 129 Å². The monoisotopic (exact) mass is 643 g/mol. The van der Waals surface area contributed by atoms with Gasteiger partial charge in [-0.3, -0.25) is 14.4 Å². The van der Waals surface area contributed by atoms with Crippen molar-refractivity contribution in [2.45, 2.75) is 84.3 Å². The summed E-state index contributed by atoms with van der Waals surface area (Å²) in [4.78, 5) is 37.1. The van der Waals surface area contributed by atoms with Crippen LogP contribution >= 0.6 is 0 Å². The van der Waals surface area contributed by atoms with Gasteiger partial charge in [0, 0.05) is 43.0 Å². The maximum absolute atomic E-state index is 14.0. The molecule has 1 saturated heterocycles. The summed E-state index contributed by atoms with van der Waals surface area (Å²) < 4.78 is 1.98. The van der Waals surface area contributed by atoms with Crippen LogP contribution in [0.4, 0.5) is 0 Å². The third kappa shape index (κ3) is 6.88. The van der Waals surface area contributed by atoms with Gasteiger partial charge in [0.05, 0.1) is 25.6 Å². The molecule has 0 unspecified atom stereocenters. The maximum atomic E-state index is 14.0. The molecule has 47 heavy (non-hydrogen) atoms. The fraction of sp³-hybridized carbons (Fsp3) is 0.541. The average molecular weight is 644 g/mol. The molecular weight excluding hydrogens is 594 g/mol. The van der Waals surface area contributed by atoms with Crippen LogP contribution in [0.1, 0.15) is 62.9 Å². The van der Waals surface area contributed by atoms with E-state index in [-0.39, 0.29) is 24.5 Å². The SMILES string of the molecule is C[C@@H]1[C@@H](NC(=O)[C@@H]2[C@H]([C@H](C)O)[C@H](CO)ON2Cc2cccc(-c3cccc(C(=O)NCCCn4ccnc4)c3)c2)C[C@@H]2C[C@H]1C2(C)C. The molecular formula is C37H49N5O5. The first-order valence-corrected chi connectivity index (χ1v) is 17.0. The van der Waals surface area contributed by atoms with E-state index in [1.807, 2.05) is 59.3 Å². The van der Waals surface area contributed by atoms with Crippen molar-refractivity contribution in [3.8, 4) is 11.1 Å². The number of rotatable bonds is 12. The Morgan fingerprint density at radius 2 is 1.89 bits per heavy atom. The van der Waals surface area contributed by atoms with Crippen molar-refractivity contribution in [2.24, 2.45) is 29.1 Å². The van der Waals surface area contributed by atoms with Gasteiger partial charge in [0.25, 0.3) is 5.91 Å². The number of hydrogen-bond donors (Lipinski definition) is 4. The van der Waals surface area contributed by atoms with Crippen molar-refractivity contribution < 1.29 is 24.6 Å². The number of hydrogen-bond acceptors (Lipinski definition) is 7. The quantitative estimate of drug-likeness (QED) is 0.220. The predicted octanol–water partition coefficient (Wildman–Crippen LogP) is 4.03. The molecule has 4 fully saturated rings. The molecule has 4 aliphatic rings. The number of aliphatic hydroxyl groups excluding tert-OH is 2. The molecule has 1 aromatic heterocycles. The second-order valence-corrected chi connectivity index (χ2v) is 14.4. The molecule has 1 aliphatic heterocycles. The van der Waals surface area contributed by atoms with Crippen molar-refractivity contribution >= 4 is 11.8 Å². The molecule has 10 heteroatoms. The van der Waals surface area contributed by atoms with Crippen molar-refractivity contribution in [3.63, 3.8) is 0 Å². The summed E-state index contributed by atoms with van der Waals surface area (Å²) in [6.07, 6.45) is 6.84. The molecule has 3 saturated carbocycles. The molecule has 4 N–H and O–H groups in total. The summed E-state index contributed by atoms with van der Waals surface area (Å²) in [5.41, 5.74) is 3.63. The number of hydroxylamine groups is 2. The number of imidazole rings is 1. The van der Waals surface area contributed by atoms with Gasteiger partial charge in [0.15, 0.2) is 0 Å². The lowest BCUT2D eigenvalue weighted by Crippen LogP contribution is -2.62. The van der Waals surface area contributed by atoms with Crippen LogP contribution in [0.15, 0.2) is 67.3 Å². The summed E-state index contributed by atoms with van der Waals surface area (Å²) in [5.74, 6) is 0.680. The Balaban J connectivity index is 1.14. The van der Waals surface area contributed by atoms with E-state index in [2.05, 4.69) is 36.4 Å². The molecule has 3 aromatic rings. The Bertz CT molecular complexity index is 1540. The van der Waals surface area contributed by atoms with E-state index in [1.165, 1.54) is 6.42 Å². The van der Waals surface area contributed by atoms with Crippen LogP contribution < -0.4 is 10.6 Å². The number of aryl methyl sites for hydroxylation is 1. The Morgan fingerprint density at radius 1 is 1.13 bits per heavy atom. The first kappa shape index (κ1) is 33.3. The van der Waals surface area contributed by atoms with E-state index < -0.39 is 24.2 Å². The predicted molar refractivity (Wildman–Crippen MR) is 179 cm³/mol. The number of benzene rings is 2. The second-order valence-electron chi connectivity index (χ2n) is 14.4. The largest absolute Gasteiger partial charge is 0.394 e. The molecule has 0 spiro atoms. The van der Waals surface area contributed by atoms with Crippen LogP contribution in [0.25, 0.3) is 11.1 Å². The summed E-state index contributed by atoms with van der Waals surface area (Å²) >= 11 is 0. The summed E-state index contributed by atoms with van der Waals surface area (Å²) in [7, 11) is 0. The molecule has 10 nitrogen and oxygen atoms in total. The first-order valence-electron chi connectivity index (χ1n) is 17.0. The zero-order valence-corrected chi connectivity index (χ0v) is 27.9. The number of fused-ring (bicyclic) bond motifs is 2. The van der Waals surface area contributed by atoms with E-state index in [0.717, 1.165) is 36.1 Å². The lowest BCUT2D eigenvalue weighted by molar-refractivity contribution is -0.183. The zero-order chi connectivity index (χ0) is 33.3. The summed E-state index contributed by atoms with van der Waals surface area (Å²) in [6.45, 7) is 9.92. The van der Waals surface area contributed by atoms with Crippen LogP contribution in [0.3, 0.4) is 0 Å². The fourth-order valence-electron chi connectivity index (χ4n) is 8.34. The van der Waals surface area contributed by atoms with Gasteiger partial charge in [0.2, 0.25) is 5.91 Å². The molecule has 2 aromatic carbocycles. The van der Waals surface area contributed by atoms with Gasteiger partial charge < -0.3 is 25.4 Å². The minimum atomic E-state index is -0.852. The van der Waals surface area contributed by atoms with Crippen LogP contribution in [0.5, 0.6) is 0 Å².